The molecule has 3 amide bonds. The Balaban J connectivity index is 1.61. The lowest BCUT2D eigenvalue weighted by Crippen LogP contribution is -2.44. The number of nitrogens with zero attached hydrogens (tertiary/aromatic N) is 2. The highest BCUT2D eigenvalue weighted by atomic mass is 19.1. The summed E-state index contributed by atoms with van der Waals surface area (Å²) in [7, 11) is 0. The number of fused-ring (bicyclic) bond motifs is 1. The molecular formula is C25H26FN3O2. The quantitative estimate of drug-likeness (QED) is 0.564. The largest absolute Gasteiger partial charge is 0.363 e. The van der Waals surface area contributed by atoms with Crippen molar-refractivity contribution in [3.05, 3.63) is 76.7 Å². The van der Waals surface area contributed by atoms with E-state index in [2.05, 4.69) is 50.1 Å². The minimum absolute atomic E-state index is 0.0674. The van der Waals surface area contributed by atoms with Crippen LogP contribution in [0.1, 0.15) is 44.4 Å². The molecule has 2 aliphatic heterocycles. The topological polar surface area (TPSA) is 52.7 Å². The zero-order valence-corrected chi connectivity index (χ0v) is 18.2. The van der Waals surface area contributed by atoms with Gasteiger partial charge >= 0.3 is 6.03 Å². The van der Waals surface area contributed by atoms with Crippen molar-refractivity contribution in [1.82, 2.24) is 10.2 Å². The van der Waals surface area contributed by atoms with Crippen LogP contribution >= 0.6 is 0 Å². The molecule has 0 radical (unpaired) electrons. The summed E-state index contributed by atoms with van der Waals surface area (Å²) in [6, 6.07) is 11.4. The van der Waals surface area contributed by atoms with Gasteiger partial charge in [0.15, 0.2) is 0 Å². The molecular weight excluding hydrogens is 393 g/mol. The van der Waals surface area contributed by atoms with E-state index in [9.17, 15) is 14.0 Å². The zero-order valence-electron chi connectivity index (χ0n) is 18.2. The maximum Gasteiger partial charge on any atom is 0.329 e. The van der Waals surface area contributed by atoms with E-state index in [0.717, 1.165) is 28.3 Å². The van der Waals surface area contributed by atoms with Gasteiger partial charge in [-0.2, -0.15) is 0 Å². The number of imide groups is 1. The summed E-state index contributed by atoms with van der Waals surface area (Å²) < 4.78 is 13.1. The van der Waals surface area contributed by atoms with Crippen LogP contribution in [0, 0.1) is 5.82 Å². The summed E-state index contributed by atoms with van der Waals surface area (Å²) >= 11 is 0. The molecule has 160 valence electrons. The van der Waals surface area contributed by atoms with E-state index in [4.69, 9.17) is 0 Å². The Morgan fingerprint density at radius 3 is 2.48 bits per heavy atom. The predicted molar refractivity (Wildman–Crippen MR) is 121 cm³/mol. The van der Waals surface area contributed by atoms with E-state index in [1.807, 2.05) is 12.1 Å². The number of carbonyl (C=O) groups excluding carboxylic acids is 2. The molecule has 2 aromatic carbocycles. The molecule has 2 heterocycles. The second-order valence-corrected chi connectivity index (χ2v) is 8.51. The summed E-state index contributed by atoms with van der Waals surface area (Å²) in [5.74, 6) is -0.751. The van der Waals surface area contributed by atoms with Gasteiger partial charge in [0.1, 0.15) is 11.5 Å². The molecule has 31 heavy (non-hydrogen) atoms. The average Bonchev–Trinajstić information content (AvgIpc) is 2.97. The number of benzene rings is 2. The number of hydrogen-bond acceptors (Lipinski definition) is 3. The first kappa shape index (κ1) is 20.8. The molecule has 0 bridgehead atoms. The van der Waals surface area contributed by atoms with E-state index >= 15 is 0 Å². The highest BCUT2D eigenvalue weighted by Gasteiger charge is 2.34. The standard InChI is InChI=1S/C25H26FN3O2/c1-5-29-22-11-8-18(12-20(22)16(2)14-25(29,3)4)13-21-23(30)28(24(31)27-21)15-17-6-9-19(26)10-7-17/h6-14H,5,15H2,1-4H3,(H,27,31)/b21-13+. The minimum atomic E-state index is -0.478. The molecule has 2 aliphatic rings. The van der Waals surface area contributed by atoms with Crippen LogP contribution in [0.5, 0.6) is 0 Å². The van der Waals surface area contributed by atoms with Gasteiger partial charge in [0.25, 0.3) is 5.91 Å². The summed E-state index contributed by atoms with van der Waals surface area (Å²) in [5, 5.41) is 2.66. The first-order valence-corrected chi connectivity index (χ1v) is 10.4. The molecule has 0 spiro atoms. The smallest absolute Gasteiger partial charge is 0.329 e. The van der Waals surface area contributed by atoms with Gasteiger partial charge in [-0.15, -0.1) is 0 Å². The number of anilines is 1. The Morgan fingerprint density at radius 1 is 1.10 bits per heavy atom. The van der Waals surface area contributed by atoms with Gasteiger partial charge < -0.3 is 10.2 Å². The van der Waals surface area contributed by atoms with Crippen molar-refractivity contribution in [2.75, 3.05) is 11.4 Å². The lowest BCUT2D eigenvalue weighted by molar-refractivity contribution is -0.123. The number of likely N-dealkylation sites (N-methyl/N-ethyl adjacent to an activating group) is 1. The minimum Gasteiger partial charge on any atom is -0.363 e. The van der Waals surface area contributed by atoms with Gasteiger partial charge in [0, 0.05) is 17.8 Å². The summed E-state index contributed by atoms with van der Waals surface area (Å²) in [6.45, 7) is 9.60. The molecule has 1 fully saturated rings. The van der Waals surface area contributed by atoms with Crippen LogP contribution in [0.15, 0.2) is 54.2 Å². The van der Waals surface area contributed by atoms with Crippen LogP contribution in [0.3, 0.4) is 0 Å². The Hall–Kier alpha value is -3.41. The van der Waals surface area contributed by atoms with Crippen molar-refractivity contribution in [3.63, 3.8) is 0 Å². The van der Waals surface area contributed by atoms with Crippen molar-refractivity contribution in [2.45, 2.75) is 39.8 Å². The Labute approximate surface area is 181 Å². The number of halogens is 1. The van der Waals surface area contributed by atoms with Crippen LogP contribution in [0.4, 0.5) is 14.9 Å². The third-order valence-electron chi connectivity index (χ3n) is 5.85. The van der Waals surface area contributed by atoms with Crippen LogP contribution in [0.2, 0.25) is 0 Å². The van der Waals surface area contributed by atoms with Crippen LogP contribution in [0.25, 0.3) is 11.6 Å². The first-order chi connectivity index (χ1) is 14.7. The maximum absolute atomic E-state index is 13.1. The highest BCUT2D eigenvalue weighted by molar-refractivity contribution is 6.14. The van der Waals surface area contributed by atoms with Gasteiger partial charge in [0.05, 0.1) is 12.1 Å². The molecule has 1 saturated heterocycles. The molecule has 0 aliphatic carbocycles. The first-order valence-electron chi connectivity index (χ1n) is 10.4. The Morgan fingerprint density at radius 2 is 1.81 bits per heavy atom. The van der Waals surface area contributed by atoms with Gasteiger partial charge in [-0.05, 0) is 74.7 Å². The summed E-state index contributed by atoms with van der Waals surface area (Å²) in [4.78, 5) is 28.6. The summed E-state index contributed by atoms with van der Waals surface area (Å²) in [6.07, 6.45) is 3.96. The van der Waals surface area contributed by atoms with Crippen LogP contribution in [-0.4, -0.2) is 28.9 Å². The van der Waals surface area contributed by atoms with Gasteiger partial charge in [-0.25, -0.2) is 9.18 Å². The van der Waals surface area contributed by atoms with Crippen molar-refractivity contribution in [2.24, 2.45) is 0 Å². The fourth-order valence-electron chi connectivity index (χ4n) is 4.42. The molecule has 6 heteroatoms. The highest BCUT2D eigenvalue weighted by Crippen LogP contribution is 2.39. The van der Waals surface area contributed by atoms with Crippen LogP contribution in [-0.2, 0) is 11.3 Å². The predicted octanol–water partition coefficient (Wildman–Crippen LogP) is 4.94. The number of amides is 3. The number of carbonyl (C=O) groups is 2. The van der Waals surface area contributed by atoms with E-state index < -0.39 is 11.9 Å². The molecule has 0 saturated carbocycles. The monoisotopic (exact) mass is 419 g/mol. The third kappa shape index (κ3) is 3.85. The number of urea groups is 1. The van der Waals surface area contributed by atoms with Gasteiger partial charge in [-0.3, -0.25) is 9.69 Å². The number of allylic oxidation sites excluding steroid dienone is 1. The second kappa shape index (κ2) is 7.69. The Kier molecular flexibility index (Phi) is 5.17. The number of hydrogen-bond donors (Lipinski definition) is 1. The number of rotatable bonds is 4. The lowest BCUT2D eigenvalue weighted by Gasteiger charge is -2.42. The Bertz CT molecular complexity index is 1120. The van der Waals surface area contributed by atoms with E-state index in [1.165, 1.54) is 17.7 Å². The molecule has 0 unspecified atom stereocenters. The molecule has 2 aromatic rings. The molecule has 1 N–H and O–H groups in total. The normalized spacial score (nSPS) is 18.9. The van der Waals surface area contributed by atoms with Crippen molar-refractivity contribution >= 4 is 29.3 Å². The molecule has 0 aromatic heterocycles. The van der Waals surface area contributed by atoms with Crippen molar-refractivity contribution in [1.29, 1.82) is 0 Å². The zero-order chi connectivity index (χ0) is 22.3. The summed E-state index contributed by atoms with van der Waals surface area (Å²) in [5.41, 5.74) is 5.16. The third-order valence-corrected chi connectivity index (χ3v) is 5.85. The van der Waals surface area contributed by atoms with E-state index in [0.29, 0.717) is 5.56 Å². The SMILES string of the molecule is CCN1c2ccc(/C=C3/NC(=O)N(Cc4ccc(F)cc4)C3=O)cc2C(C)=CC1(C)C. The van der Waals surface area contributed by atoms with E-state index in [-0.39, 0.29) is 23.6 Å². The number of nitrogens with one attached hydrogen (secondary N) is 1. The molecule has 4 rings (SSSR count). The molecule has 0 atom stereocenters. The fraction of sp³-hybridized carbons (Fsp3) is 0.280. The van der Waals surface area contributed by atoms with Crippen LogP contribution < -0.4 is 10.2 Å². The lowest BCUT2D eigenvalue weighted by atomic mass is 9.88. The second-order valence-electron chi connectivity index (χ2n) is 8.51. The van der Waals surface area contributed by atoms with Crippen molar-refractivity contribution < 1.29 is 14.0 Å². The average molecular weight is 420 g/mol. The van der Waals surface area contributed by atoms with Crippen molar-refractivity contribution in [3.8, 4) is 0 Å². The molecule has 5 nitrogen and oxygen atoms in total. The van der Waals surface area contributed by atoms with Gasteiger partial charge in [0.2, 0.25) is 0 Å². The maximum atomic E-state index is 13.1. The fourth-order valence-corrected chi connectivity index (χ4v) is 4.42. The van der Waals surface area contributed by atoms with Gasteiger partial charge in [-0.1, -0.05) is 24.3 Å². The van der Waals surface area contributed by atoms with E-state index in [1.54, 1.807) is 18.2 Å².